The van der Waals surface area contributed by atoms with E-state index in [-0.39, 0.29) is 30.4 Å². The summed E-state index contributed by atoms with van der Waals surface area (Å²) in [5.74, 6) is 0.218. The Morgan fingerprint density at radius 2 is 1.90 bits per heavy atom. The van der Waals surface area contributed by atoms with Crippen molar-refractivity contribution < 1.29 is 22.7 Å². The van der Waals surface area contributed by atoms with Crippen LogP contribution in [-0.4, -0.2) is 39.1 Å². The van der Waals surface area contributed by atoms with E-state index in [4.69, 9.17) is 4.74 Å². The maximum Gasteiger partial charge on any atom is 0.232 e. The van der Waals surface area contributed by atoms with Crippen LogP contribution in [0.3, 0.4) is 0 Å². The van der Waals surface area contributed by atoms with E-state index in [1.165, 1.54) is 0 Å². The number of benzene rings is 2. The monoisotopic (exact) mass is 431 g/mol. The van der Waals surface area contributed by atoms with Crippen molar-refractivity contribution in [1.82, 2.24) is 0 Å². The second-order valence-electron chi connectivity index (χ2n) is 6.94. The van der Waals surface area contributed by atoms with Gasteiger partial charge in [0.15, 0.2) is 0 Å². The second-order valence-corrected chi connectivity index (χ2v) is 8.96. The molecule has 30 heavy (non-hydrogen) atoms. The van der Waals surface area contributed by atoms with Crippen molar-refractivity contribution in [2.24, 2.45) is 0 Å². The lowest BCUT2D eigenvalue weighted by molar-refractivity contribution is -0.122. The number of carbonyl (C=O) groups is 2. The zero-order valence-corrected chi connectivity index (χ0v) is 17.8. The number of hydrogen-bond acceptors (Lipinski definition) is 5. The molecule has 0 atom stereocenters. The summed E-state index contributed by atoms with van der Waals surface area (Å²) in [6.07, 6.45) is 0.120. The highest BCUT2D eigenvalue weighted by atomic mass is 32.2. The standard InChI is InChI=1S/C21H25N3O5S/c1-3-30(27,28)23-17-9-8-16(14-15(17)2)22-20(25)10-11-21(26)24-12-13-29-19-7-5-4-6-18(19)24/h4-9,14,23H,3,10-13H2,1-2H3,(H,22,25). The molecule has 0 aromatic heterocycles. The summed E-state index contributed by atoms with van der Waals surface area (Å²) in [5, 5.41) is 2.75. The van der Waals surface area contributed by atoms with Crippen molar-refractivity contribution in [3.05, 3.63) is 48.0 Å². The molecular weight excluding hydrogens is 406 g/mol. The van der Waals surface area contributed by atoms with E-state index < -0.39 is 10.0 Å². The minimum absolute atomic E-state index is 0.0213. The highest BCUT2D eigenvalue weighted by Gasteiger charge is 2.23. The van der Waals surface area contributed by atoms with E-state index in [0.717, 1.165) is 5.69 Å². The van der Waals surface area contributed by atoms with Crippen LogP contribution < -0.4 is 19.7 Å². The van der Waals surface area contributed by atoms with E-state index >= 15 is 0 Å². The van der Waals surface area contributed by atoms with Gasteiger partial charge in [0.05, 0.1) is 23.7 Å². The molecule has 0 aliphatic carbocycles. The van der Waals surface area contributed by atoms with Gasteiger partial charge in [-0.2, -0.15) is 0 Å². The molecule has 0 saturated heterocycles. The number of nitrogens with one attached hydrogen (secondary N) is 2. The van der Waals surface area contributed by atoms with Gasteiger partial charge in [-0.3, -0.25) is 14.3 Å². The van der Waals surface area contributed by atoms with Crippen LogP contribution in [0.2, 0.25) is 0 Å². The SMILES string of the molecule is CCS(=O)(=O)Nc1ccc(NC(=O)CCC(=O)N2CCOc3ccccc32)cc1C. The fourth-order valence-electron chi connectivity index (χ4n) is 3.10. The molecule has 0 fully saturated rings. The molecule has 1 aliphatic rings. The highest BCUT2D eigenvalue weighted by Crippen LogP contribution is 2.31. The van der Waals surface area contributed by atoms with Crippen LogP contribution in [0.1, 0.15) is 25.3 Å². The third kappa shape index (κ3) is 5.29. The minimum atomic E-state index is -3.37. The summed E-state index contributed by atoms with van der Waals surface area (Å²) in [6, 6.07) is 12.2. The van der Waals surface area contributed by atoms with Crippen molar-refractivity contribution in [3.63, 3.8) is 0 Å². The number of anilines is 3. The predicted octanol–water partition coefficient (Wildman–Crippen LogP) is 2.90. The maximum absolute atomic E-state index is 12.6. The van der Waals surface area contributed by atoms with Crippen LogP contribution in [0.5, 0.6) is 5.75 Å². The molecule has 0 unspecified atom stereocenters. The van der Waals surface area contributed by atoms with Gasteiger partial charge in [-0.05, 0) is 49.7 Å². The number of amides is 2. The average molecular weight is 432 g/mol. The third-order valence-corrected chi connectivity index (χ3v) is 6.04. The van der Waals surface area contributed by atoms with Crippen LogP contribution in [0.15, 0.2) is 42.5 Å². The molecule has 2 aromatic rings. The van der Waals surface area contributed by atoms with Gasteiger partial charge in [-0.15, -0.1) is 0 Å². The Kier molecular flexibility index (Phi) is 6.61. The number of aryl methyl sites for hydroxylation is 1. The third-order valence-electron chi connectivity index (χ3n) is 4.75. The van der Waals surface area contributed by atoms with Crippen molar-refractivity contribution in [2.75, 3.05) is 33.8 Å². The molecule has 2 N–H and O–H groups in total. The van der Waals surface area contributed by atoms with Gasteiger partial charge in [0.2, 0.25) is 21.8 Å². The minimum Gasteiger partial charge on any atom is -0.490 e. The lowest BCUT2D eigenvalue weighted by Crippen LogP contribution is -2.38. The number of para-hydroxylation sites is 2. The normalized spacial score (nSPS) is 13.2. The molecule has 9 heteroatoms. The predicted molar refractivity (Wildman–Crippen MR) is 116 cm³/mol. The number of sulfonamides is 1. The van der Waals surface area contributed by atoms with Crippen LogP contribution in [0.25, 0.3) is 0 Å². The van der Waals surface area contributed by atoms with Crippen LogP contribution in [0.4, 0.5) is 17.1 Å². The van der Waals surface area contributed by atoms with E-state index in [0.29, 0.717) is 35.8 Å². The number of rotatable bonds is 7. The fourth-order valence-corrected chi connectivity index (χ4v) is 3.81. The quantitative estimate of drug-likeness (QED) is 0.701. The maximum atomic E-state index is 12.6. The molecular formula is C21H25N3O5S. The summed E-state index contributed by atoms with van der Waals surface area (Å²) in [5.41, 5.74) is 2.41. The van der Waals surface area contributed by atoms with Crippen LogP contribution in [-0.2, 0) is 19.6 Å². The number of ether oxygens (including phenoxy) is 1. The van der Waals surface area contributed by atoms with Crippen molar-refractivity contribution in [3.8, 4) is 5.75 Å². The molecule has 1 aliphatic heterocycles. The Bertz CT molecular complexity index is 1050. The topological polar surface area (TPSA) is 105 Å². The van der Waals surface area contributed by atoms with Gasteiger partial charge in [0.1, 0.15) is 12.4 Å². The number of fused-ring (bicyclic) bond motifs is 1. The molecule has 0 radical (unpaired) electrons. The number of hydrogen-bond donors (Lipinski definition) is 2. The molecule has 0 saturated carbocycles. The van der Waals surface area contributed by atoms with Crippen LogP contribution >= 0.6 is 0 Å². The Labute approximate surface area is 176 Å². The largest absolute Gasteiger partial charge is 0.490 e. The molecule has 160 valence electrons. The van der Waals surface area contributed by atoms with Crippen molar-refractivity contribution in [1.29, 1.82) is 0 Å². The van der Waals surface area contributed by atoms with Gasteiger partial charge < -0.3 is 15.0 Å². The molecule has 0 spiro atoms. The Balaban J connectivity index is 1.56. The molecule has 8 nitrogen and oxygen atoms in total. The highest BCUT2D eigenvalue weighted by molar-refractivity contribution is 7.92. The van der Waals surface area contributed by atoms with E-state index in [1.54, 1.807) is 36.9 Å². The first-order valence-corrected chi connectivity index (χ1v) is 11.4. The van der Waals surface area contributed by atoms with E-state index in [9.17, 15) is 18.0 Å². The molecule has 3 rings (SSSR count). The lowest BCUT2D eigenvalue weighted by atomic mass is 10.1. The number of nitrogens with zero attached hydrogens (tertiary/aromatic N) is 1. The Morgan fingerprint density at radius 3 is 2.63 bits per heavy atom. The molecule has 2 amide bonds. The summed E-state index contributed by atoms with van der Waals surface area (Å²) >= 11 is 0. The number of carbonyl (C=O) groups excluding carboxylic acids is 2. The van der Waals surface area contributed by atoms with Gasteiger partial charge in [0.25, 0.3) is 0 Å². The zero-order chi connectivity index (χ0) is 21.7. The second kappa shape index (κ2) is 9.17. The van der Waals surface area contributed by atoms with Crippen LogP contribution in [0, 0.1) is 6.92 Å². The van der Waals surface area contributed by atoms with Crippen molar-refractivity contribution in [2.45, 2.75) is 26.7 Å². The first-order valence-electron chi connectivity index (χ1n) is 9.72. The van der Waals surface area contributed by atoms with Crippen molar-refractivity contribution >= 4 is 38.9 Å². The average Bonchev–Trinajstić information content (AvgIpc) is 2.73. The lowest BCUT2D eigenvalue weighted by Gasteiger charge is -2.29. The first kappa shape index (κ1) is 21.6. The van der Waals surface area contributed by atoms with Gasteiger partial charge >= 0.3 is 0 Å². The Hall–Kier alpha value is -3.07. The summed E-state index contributed by atoms with van der Waals surface area (Å²) in [6.45, 7) is 4.18. The van der Waals surface area contributed by atoms with E-state index in [1.807, 2.05) is 24.3 Å². The molecule has 2 aromatic carbocycles. The van der Waals surface area contributed by atoms with E-state index in [2.05, 4.69) is 10.0 Å². The summed E-state index contributed by atoms with van der Waals surface area (Å²) in [4.78, 5) is 26.5. The fraction of sp³-hybridized carbons (Fsp3) is 0.333. The zero-order valence-electron chi connectivity index (χ0n) is 17.0. The van der Waals surface area contributed by atoms with Gasteiger partial charge in [-0.1, -0.05) is 12.1 Å². The summed E-state index contributed by atoms with van der Waals surface area (Å²) in [7, 11) is -3.37. The van der Waals surface area contributed by atoms with Gasteiger partial charge in [-0.25, -0.2) is 8.42 Å². The Morgan fingerprint density at radius 1 is 1.13 bits per heavy atom. The first-order chi connectivity index (χ1) is 14.3. The van der Waals surface area contributed by atoms with Gasteiger partial charge in [0, 0.05) is 18.5 Å². The molecule has 0 bridgehead atoms. The summed E-state index contributed by atoms with van der Waals surface area (Å²) < 4.78 is 31.5. The smallest absolute Gasteiger partial charge is 0.232 e. The molecule has 1 heterocycles.